The lowest BCUT2D eigenvalue weighted by Gasteiger charge is -2.31. The van der Waals surface area contributed by atoms with Crippen molar-refractivity contribution in [1.29, 1.82) is 0 Å². The van der Waals surface area contributed by atoms with Crippen LogP contribution in [0.15, 0.2) is 24.3 Å². The van der Waals surface area contributed by atoms with Crippen molar-refractivity contribution >= 4 is 17.6 Å². The molecule has 1 saturated heterocycles. The number of esters is 1. The summed E-state index contributed by atoms with van der Waals surface area (Å²) in [7, 11) is 0. The number of likely N-dealkylation sites (tertiary alicyclic amines) is 1. The van der Waals surface area contributed by atoms with Gasteiger partial charge in [-0.2, -0.15) is 0 Å². The Morgan fingerprint density at radius 1 is 1.17 bits per heavy atom. The highest BCUT2D eigenvalue weighted by Gasteiger charge is 2.22. The number of hydrogen-bond donors (Lipinski definition) is 1. The standard InChI is InChI=1S/C17H24N2O3.ClH/c1-3-22-17(21)14-7-9-15(10-8-14)18-16(20)13(2)19-11-5-4-6-12-19;/h7-10,13H,3-6,11-12H2,1-2H3,(H,18,20);1H/p-1. The molecule has 6 heteroatoms. The Hall–Kier alpha value is -1.59. The topological polar surface area (TPSA) is 58.6 Å². The number of piperidine rings is 1. The highest BCUT2D eigenvalue weighted by molar-refractivity contribution is 5.95. The van der Waals surface area contributed by atoms with Gasteiger partial charge in [-0.05, 0) is 64.0 Å². The highest BCUT2D eigenvalue weighted by Crippen LogP contribution is 2.15. The van der Waals surface area contributed by atoms with Gasteiger partial charge in [-0.1, -0.05) is 6.42 Å². The van der Waals surface area contributed by atoms with E-state index in [0.717, 1.165) is 25.9 Å². The molecule has 0 bridgehead atoms. The van der Waals surface area contributed by atoms with Crippen LogP contribution in [0, 0.1) is 0 Å². The molecule has 1 aliphatic rings. The minimum Gasteiger partial charge on any atom is -1.00 e. The van der Waals surface area contributed by atoms with E-state index in [2.05, 4.69) is 10.2 Å². The second-order valence-electron chi connectivity index (χ2n) is 5.56. The molecule has 0 aliphatic carbocycles. The summed E-state index contributed by atoms with van der Waals surface area (Å²) >= 11 is 0. The first-order valence-electron chi connectivity index (χ1n) is 7.94. The maximum Gasteiger partial charge on any atom is 0.338 e. The Kier molecular flexibility index (Phi) is 8.06. The van der Waals surface area contributed by atoms with Crippen molar-refractivity contribution in [2.75, 3.05) is 25.0 Å². The van der Waals surface area contributed by atoms with Gasteiger partial charge in [-0.3, -0.25) is 9.69 Å². The quantitative estimate of drug-likeness (QED) is 0.747. The molecule has 1 aliphatic heterocycles. The fourth-order valence-electron chi connectivity index (χ4n) is 2.62. The van der Waals surface area contributed by atoms with Crippen molar-refractivity contribution in [2.24, 2.45) is 0 Å². The van der Waals surface area contributed by atoms with E-state index in [1.807, 2.05) is 6.92 Å². The molecule has 1 aromatic rings. The molecule has 1 atom stereocenters. The predicted molar refractivity (Wildman–Crippen MR) is 85.9 cm³/mol. The van der Waals surface area contributed by atoms with Gasteiger partial charge in [0.2, 0.25) is 5.91 Å². The van der Waals surface area contributed by atoms with E-state index in [1.165, 1.54) is 6.42 Å². The summed E-state index contributed by atoms with van der Waals surface area (Å²) in [6.07, 6.45) is 3.57. The van der Waals surface area contributed by atoms with Gasteiger partial charge in [0.1, 0.15) is 0 Å². The minimum atomic E-state index is -0.345. The van der Waals surface area contributed by atoms with Crippen LogP contribution in [0.3, 0.4) is 0 Å². The number of hydrogen-bond acceptors (Lipinski definition) is 4. The molecule has 1 fully saturated rings. The average molecular weight is 340 g/mol. The van der Waals surface area contributed by atoms with Crippen molar-refractivity contribution in [2.45, 2.75) is 39.2 Å². The number of benzene rings is 1. The fourth-order valence-corrected chi connectivity index (χ4v) is 2.62. The summed E-state index contributed by atoms with van der Waals surface area (Å²) in [6, 6.07) is 6.66. The predicted octanol–water partition coefficient (Wildman–Crippen LogP) is -0.320. The number of anilines is 1. The third-order valence-corrected chi connectivity index (χ3v) is 3.98. The van der Waals surface area contributed by atoms with Crippen molar-refractivity contribution in [3.63, 3.8) is 0 Å². The summed E-state index contributed by atoms with van der Waals surface area (Å²) in [4.78, 5) is 26.1. The minimum absolute atomic E-state index is 0. The first kappa shape index (κ1) is 19.5. The monoisotopic (exact) mass is 339 g/mol. The lowest BCUT2D eigenvalue weighted by molar-refractivity contribution is -0.121. The van der Waals surface area contributed by atoms with Crippen LogP contribution >= 0.6 is 0 Å². The molecule has 0 saturated carbocycles. The number of carbonyl (C=O) groups is 2. The Labute approximate surface area is 143 Å². The van der Waals surface area contributed by atoms with Gasteiger partial charge >= 0.3 is 5.97 Å². The van der Waals surface area contributed by atoms with Crippen molar-refractivity contribution < 1.29 is 26.7 Å². The van der Waals surface area contributed by atoms with Gasteiger partial charge in [-0.25, -0.2) is 4.79 Å². The summed E-state index contributed by atoms with van der Waals surface area (Å²) in [5.41, 5.74) is 1.19. The smallest absolute Gasteiger partial charge is 0.338 e. The zero-order valence-corrected chi connectivity index (χ0v) is 14.4. The van der Waals surface area contributed by atoms with Gasteiger partial charge < -0.3 is 22.5 Å². The Morgan fingerprint density at radius 3 is 2.35 bits per heavy atom. The SMILES string of the molecule is CCOC(=O)c1ccc(NC(=O)C(C)N2CCCCC2)cc1.[Cl-]. The van der Waals surface area contributed by atoms with Crippen molar-refractivity contribution in [3.8, 4) is 0 Å². The molecule has 0 radical (unpaired) electrons. The van der Waals surface area contributed by atoms with Crippen molar-refractivity contribution in [1.82, 2.24) is 4.90 Å². The molecule has 128 valence electrons. The second kappa shape index (κ2) is 9.53. The van der Waals surface area contributed by atoms with E-state index in [4.69, 9.17) is 4.74 Å². The van der Waals surface area contributed by atoms with Crippen LogP contribution in [0.25, 0.3) is 0 Å². The second-order valence-corrected chi connectivity index (χ2v) is 5.56. The molecule has 0 spiro atoms. The molecule has 2 rings (SSSR count). The van der Waals surface area contributed by atoms with Crippen LogP contribution in [0.2, 0.25) is 0 Å². The van der Waals surface area contributed by atoms with Gasteiger partial charge in [0.25, 0.3) is 0 Å². The maximum absolute atomic E-state index is 12.3. The number of ether oxygens (including phenoxy) is 1. The summed E-state index contributed by atoms with van der Waals surface area (Å²) < 4.78 is 4.93. The fraction of sp³-hybridized carbons (Fsp3) is 0.529. The maximum atomic E-state index is 12.3. The van der Waals surface area contributed by atoms with Gasteiger partial charge in [0, 0.05) is 5.69 Å². The Morgan fingerprint density at radius 2 is 1.78 bits per heavy atom. The summed E-state index contributed by atoms with van der Waals surface area (Å²) in [5, 5.41) is 2.90. The van der Waals surface area contributed by atoms with E-state index in [9.17, 15) is 9.59 Å². The van der Waals surface area contributed by atoms with Crippen LogP contribution in [0.5, 0.6) is 0 Å². The van der Waals surface area contributed by atoms with E-state index < -0.39 is 0 Å². The third-order valence-electron chi connectivity index (χ3n) is 3.98. The van der Waals surface area contributed by atoms with E-state index in [0.29, 0.717) is 17.9 Å². The Balaban J connectivity index is 0.00000264. The zero-order valence-electron chi connectivity index (χ0n) is 13.7. The molecule has 1 unspecified atom stereocenters. The molecular weight excluding hydrogens is 316 g/mol. The molecule has 1 aromatic carbocycles. The van der Waals surface area contributed by atoms with E-state index in [-0.39, 0.29) is 30.3 Å². The van der Waals surface area contributed by atoms with E-state index >= 15 is 0 Å². The van der Waals surface area contributed by atoms with Crippen molar-refractivity contribution in [3.05, 3.63) is 29.8 Å². The first-order chi connectivity index (χ1) is 10.6. The van der Waals surface area contributed by atoms with Crippen LogP contribution in [0.4, 0.5) is 5.69 Å². The Bertz CT molecular complexity index is 513. The lowest BCUT2D eigenvalue weighted by atomic mass is 10.1. The number of rotatable bonds is 5. The number of halogens is 1. The third kappa shape index (κ3) is 5.52. The normalized spacial score (nSPS) is 16.1. The number of carbonyl (C=O) groups excluding carboxylic acids is 2. The molecule has 1 N–H and O–H groups in total. The number of amides is 1. The summed E-state index contributed by atoms with van der Waals surface area (Å²) in [6.45, 7) is 6.03. The molecule has 5 nitrogen and oxygen atoms in total. The molecular formula is C17H24ClN2O3-. The molecule has 1 heterocycles. The zero-order chi connectivity index (χ0) is 15.9. The van der Waals surface area contributed by atoms with Crippen LogP contribution < -0.4 is 17.7 Å². The largest absolute Gasteiger partial charge is 1.00 e. The average Bonchev–Trinajstić information content (AvgIpc) is 2.55. The van der Waals surface area contributed by atoms with Gasteiger partial charge in [-0.15, -0.1) is 0 Å². The lowest BCUT2D eigenvalue weighted by Crippen LogP contribution is -3.00. The van der Waals surface area contributed by atoms with Crippen LogP contribution in [-0.2, 0) is 9.53 Å². The van der Waals surface area contributed by atoms with Gasteiger partial charge in [0.15, 0.2) is 0 Å². The van der Waals surface area contributed by atoms with Gasteiger partial charge in [0.05, 0.1) is 18.2 Å². The molecule has 23 heavy (non-hydrogen) atoms. The number of nitrogens with one attached hydrogen (secondary N) is 1. The highest BCUT2D eigenvalue weighted by atomic mass is 35.5. The molecule has 1 amide bonds. The van der Waals surface area contributed by atoms with E-state index in [1.54, 1.807) is 31.2 Å². The summed E-state index contributed by atoms with van der Waals surface area (Å²) in [5.74, 6) is -0.354. The van der Waals surface area contributed by atoms with Crippen LogP contribution in [0.1, 0.15) is 43.5 Å². The molecule has 0 aromatic heterocycles. The first-order valence-corrected chi connectivity index (χ1v) is 7.94. The van der Waals surface area contributed by atoms with Crippen LogP contribution in [-0.4, -0.2) is 42.5 Å². The number of nitrogens with zero attached hydrogens (tertiary/aromatic N) is 1.